The molecule has 0 saturated heterocycles. The Balaban J connectivity index is 1.73. The average Bonchev–Trinajstić information content (AvgIpc) is 2.82. The smallest absolute Gasteiger partial charge is 0.349 e. The van der Waals surface area contributed by atoms with Crippen LogP contribution in [0.15, 0.2) is 66.7 Å². The Kier molecular flexibility index (Phi) is 7.99. The van der Waals surface area contributed by atoms with Crippen LogP contribution < -0.4 is 14.2 Å². The Hall–Kier alpha value is -3.75. The van der Waals surface area contributed by atoms with Crippen LogP contribution in [0.1, 0.15) is 37.5 Å². The van der Waals surface area contributed by atoms with Gasteiger partial charge in [0.15, 0.2) is 18.1 Å². The molecular weight excluding hydrogens is 450 g/mol. The first kappa shape index (κ1) is 24.9. The van der Waals surface area contributed by atoms with E-state index in [1.165, 1.54) is 7.11 Å². The number of allylic oxidation sites excluding steroid dienone is 1. The first-order valence-corrected chi connectivity index (χ1v) is 11.1. The summed E-state index contributed by atoms with van der Waals surface area (Å²) < 4.78 is 16.6. The Morgan fingerprint density at radius 1 is 1.00 bits per heavy atom. The number of benzene rings is 3. The maximum atomic E-state index is 12.5. The number of carbonyl (C=O) groups excluding carboxylic acids is 1. The Labute approximate surface area is 205 Å². The molecule has 0 heterocycles. The van der Waals surface area contributed by atoms with E-state index < -0.39 is 5.97 Å². The molecule has 5 nitrogen and oxygen atoms in total. The first-order chi connectivity index (χ1) is 16.2. The van der Waals surface area contributed by atoms with Gasteiger partial charge in [0, 0.05) is 5.02 Å². The largest absolute Gasteiger partial charge is 0.493 e. The van der Waals surface area contributed by atoms with Crippen molar-refractivity contribution in [3.8, 4) is 23.3 Å². The van der Waals surface area contributed by atoms with Gasteiger partial charge < -0.3 is 14.2 Å². The number of esters is 1. The molecule has 3 rings (SSSR count). The van der Waals surface area contributed by atoms with Gasteiger partial charge in [0.1, 0.15) is 5.75 Å². The number of carbonyl (C=O) groups is 1. The molecule has 0 aromatic heterocycles. The Morgan fingerprint density at radius 2 is 1.71 bits per heavy atom. The predicted molar refractivity (Wildman–Crippen MR) is 134 cm³/mol. The second kappa shape index (κ2) is 10.9. The van der Waals surface area contributed by atoms with Crippen LogP contribution in [0.3, 0.4) is 0 Å². The number of hydrogen-bond acceptors (Lipinski definition) is 5. The number of halogens is 1. The topological polar surface area (TPSA) is 68.5 Å². The third-order valence-electron chi connectivity index (χ3n) is 5.04. The van der Waals surface area contributed by atoms with Crippen LogP contribution in [0.25, 0.3) is 11.6 Å². The molecule has 0 unspecified atom stereocenters. The van der Waals surface area contributed by atoms with Crippen LogP contribution >= 0.6 is 11.6 Å². The van der Waals surface area contributed by atoms with Crippen molar-refractivity contribution in [2.45, 2.75) is 26.2 Å². The van der Waals surface area contributed by atoms with Crippen molar-refractivity contribution in [3.05, 3.63) is 88.4 Å². The van der Waals surface area contributed by atoms with Crippen molar-refractivity contribution in [3.63, 3.8) is 0 Å². The van der Waals surface area contributed by atoms with Crippen LogP contribution in [0, 0.1) is 11.3 Å². The van der Waals surface area contributed by atoms with Crippen molar-refractivity contribution < 1.29 is 19.0 Å². The summed E-state index contributed by atoms with van der Waals surface area (Å²) in [6.07, 6.45) is 1.73. The molecular formula is C28H26ClNO4. The lowest BCUT2D eigenvalue weighted by atomic mass is 9.86. The molecule has 0 aliphatic carbocycles. The highest BCUT2D eigenvalue weighted by Crippen LogP contribution is 2.32. The molecule has 0 spiro atoms. The number of nitrogens with zero attached hydrogens (tertiary/aromatic N) is 1. The van der Waals surface area contributed by atoms with Gasteiger partial charge in [-0.25, -0.2) is 4.79 Å². The van der Waals surface area contributed by atoms with Gasteiger partial charge in [0.2, 0.25) is 0 Å². The summed E-state index contributed by atoms with van der Waals surface area (Å²) in [6, 6.07) is 21.9. The molecule has 0 saturated carbocycles. The van der Waals surface area contributed by atoms with E-state index in [2.05, 4.69) is 26.8 Å². The van der Waals surface area contributed by atoms with Crippen molar-refractivity contribution >= 4 is 29.2 Å². The molecule has 0 N–H and O–H groups in total. The molecule has 3 aromatic rings. The highest BCUT2D eigenvalue weighted by atomic mass is 35.5. The number of para-hydroxylation sites is 1. The maximum Gasteiger partial charge on any atom is 0.349 e. The first-order valence-electron chi connectivity index (χ1n) is 10.7. The molecule has 34 heavy (non-hydrogen) atoms. The van der Waals surface area contributed by atoms with E-state index in [4.69, 9.17) is 25.8 Å². The summed E-state index contributed by atoms with van der Waals surface area (Å²) in [5.74, 6) is 0.725. The number of rotatable bonds is 7. The van der Waals surface area contributed by atoms with Crippen molar-refractivity contribution in [1.82, 2.24) is 0 Å². The SMILES string of the molecule is COc1cc(C=C(C#N)c2ccc(Cl)cc2)ccc1OC(=O)COc1ccccc1C(C)(C)C. The van der Waals surface area contributed by atoms with Gasteiger partial charge in [-0.2, -0.15) is 5.26 Å². The van der Waals surface area contributed by atoms with Gasteiger partial charge in [-0.15, -0.1) is 0 Å². The van der Waals surface area contributed by atoms with Gasteiger partial charge in [-0.3, -0.25) is 0 Å². The average molecular weight is 476 g/mol. The third kappa shape index (κ3) is 6.40. The molecule has 174 valence electrons. The summed E-state index contributed by atoms with van der Waals surface area (Å²) in [4.78, 5) is 12.5. The predicted octanol–water partition coefficient (Wildman–Crippen LogP) is 6.69. The lowest BCUT2D eigenvalue weighted by Crippen LogP contribution is -2.20. The maximum absolute atomic E-state index is 12.5. The van der Waals surface area contributed by atoms with E-state index in [0.717, 1.165) is 16.7 Å². The highest BCUT2D eigenvalue weighted by molar-refractivity contribution is 6.30. The molecule has 0 radical (unpaired) electrons. The summed E-state index contributed by atoms with van der Waals surface area (Å²) in [5.41, 5.74) is 2.81. The van der Waals surface area contributed by atoms with E-state index in [9.17, 15) is 10.1 Å². The number of nitriles is 1. The highest BCUT2D eigenvalue weighted by Gasteiger charge is 2.19. The van der Waals surface area contributed by atoms with E-state index >= 15 is 0 Å². The zero-order chi connectivity index (χ0) is 24.7. The minimum absolute atomic E-state index is 0.124. The van der Waals surface area contributed by atoms with Crippen LogP contribution in [-0.4, -0.2) is 19.7 Å². The lowest BCUT2D eigenvalue weighted by molar-refractivity contribution is -0.136. The monoisotopic (exact) mass is 475 g/mol. The van der Waals surface area contributed by atoms with Gasteiger partial charge in [-0.05, 0) is 58.5 Å². The van der Waals surface area contributed by atoms with E-state index in [0.29, 0.717) is 22.1 Å². The molecule has 3 aromatic carbocycles. The minimum atomic E-state index is -0.552. The second-order valence-corrected chi connectivity index (χ2v) is 9.03. The number of methoxy groups -OCH3 is 1. The van der Waals surface area contributed by atoms with Gasteiger partial charge in [0.05, 0.1) is 18.8 Å². The van der Waals surface area contributed by atoms with E-state index in [1.54, 1.807) is 48.5 Å². The van der Waals surface area contributed by atoms with Crippen LogP contribution in [0.4, 0.5) is 0 Å². The van der Waals surface area contributed by atoms with Gasteiger partial charge in [-0.1, -0.05) is 68.8 Å². The van der Waals surface area contributed by atoms with Crippen molar-refractivity contribution in [1.29, 1.82) is 5.26 Å². The molecule has 0 atom stereocenters. The number of ether oxygens (including phenoxy) is 3. The Morgan fingerprint density at radius 3 is 2.35 bits per heavy atom. The molecule has 0 aliphatic heterocycles. The molecule has 0 aliphatic rings. The second-order valence-electron chi connectivity index (χ2n) is 8.60. The third-order valence-corrected chi connectivity index (χ3v) is 5.29. The molecule has 0 fully saturated rings. The Bertz CT molecular complexity index is 1230. The zero-order valence-corrected chi connectivity index (χ0v) is 20.3. The minimum Gasteiger partial charge on any atom is -0.493 e. The molecule has 0 bridgehead atoms. The number of hydrogen-bond donors (Lipinski definition) is 0. The quantitative estimate of drug-likeness (QED) is 0.165. The fourth-order valence-corrected chi connectivity index (χ4v) is 3.46. The van der Waals surface area contributed by atoms with Gasteiger partial charge in [0.25, 0.3) is 0 Å². The van der Waals surface area contributed by atoms with Crippen LogP contribution in [0.2, 0.25) is 5.02 Å². The summed E-state index contributed by atoms with van der Waals surface area (Å²) in [6.45, 7) is 6.00. The van der Waals surface area contributed by atoms with Crippen LogP contribution in [-0.2, 0) is 10.2 Å². The van der Waals surface area contributed by atoms with Gasteiger partial charge >= 0.3 is 5.97 Å². The fraction of sp³-hybridized carbons (Fsp3) is 0.214. The summed E-state index contributed by atoms with van der Waals surface area (Å²) >= 11 is 5.93. The normalized spacial score (nSPS) is 11.5. The summed E-state index contributed by atoms with van der Waals surface area (Å²) in [5, 5.41) is 10.2. The summed E-state index contributed by atoms with van der Waals surface area (Å²) in [7, 11) is 1.49. The fourth-order valence-electron chi connectivity index (χ4n) is 3.34. The van der Waals surface area contributed by atoms with Crippen LogP contribution in [0.5, 0.6) is 17.2 Å². The molecule has 0 amide bonds. The zero-order valence-electron chi connectivity index (χ0n) is 19.6. The lowest BCUT2D eigenvalue weighted by Gasteiger charge is -2.22. The standard InChI is InChI=1S/C28H26ClNO4/c1-28(2,3)23-7-5-6-8-24(23)33-18-27(31)34-25-14-9-19(16-26(25)32-4)15-21(17-30)20-10-12-22(29)13-11-20/h5-16H,18H2,1-4H3. The van der Waals surface area contributed by atoms with Crippen molar-refractivity contribution in [2.75, 3.05) is 13.7 Å². The van der Waals surface area contributed by atoms with E-state index in [1.807, 2.05) is 24.3 Å². The molecule has 6 heteroatoms. The van der Waals surface area contributed by atoms with E-state index in [-0.39, 0.29) is 17.8 Å². The van der Waals surface area contributed by atoms with Crippen molar-refractivity contribution in [2.24, 2.45) is 0 Å².